The molecule has 8 nitrogen and oxygen atoms in total. The van der Waals surface area contributed by atoms with Crippen LogP contribution in [-0.4, -0.2) is 33.1 Å². The number of nitro groups is 1. The number of ether oxygens (including phenoxy) is 1. The average Bonchev–Trinajstić information content (AvgIpc) is 3.02. The fourth-order valence-corrected chi connectivity index (χ4v) is 4.11. The van der Waals surface area contributed by atoms with E-state index in [0.717, 1.165) is 25.7 Å². The van der Waals surface area contributed by atoms with Crippen molar-refractivity contribution in [3.05, 3.63) is 38.9 Å². The summed E-state index contributed by atoms with van der Waals surface area (Å²) in [6.45, 7) is 0.664. The molecule has 0 bridgehead atoms. The quantitative estimate of drug-likeness (QED) is 0.654. The zero-order valence-electron chi connectivity index (χ0n) is 13.8. The first-order valence-electron chi connectivity index (χ1n) is 8.63. The van der Waals surface area contributed by atoms with E-state index in [1.54, 1.807) is 6.07 Å². The van der Waals surface area contributed by atoms with Gasteiger partial charge < -0.3 is 15.0 Å². The van der Waals surface area contributed by atoms with Crippen molar-refractivity contribution in [1.82, 2.24) is 9.97 Å². The summed E-state index contributed by atoms with van der Waals surface area (Å²) in [5, 5.41) is 15.0. The highest BCUT2D eigenvalue weighted by molar-refractivity contribution is 5.86. The second-order valence-corrected chi connectivity index (χ2v) is 6.95. The molecular formula is C17H20N4O4. The van der Waals surface area contributed by atoms with Gasteiger partial charge in [0.2, 0.25) is 0 Å². The highest BCUT2D eigenvalue weighted by Gasteiger charge is 2.40. The van der Waals surface area contributed by atoms with Crippen LogP contribution in [0.3, 0.4) is 0 Å². The van der Waals surface area contributed by atoms with Crippen LogP contribution in [0, 0.1) is 10.1 Å². The molecule has 1 aromatic carbocycles. The highest BCUT2D eigenvalue weighted by Crippen LogP contribution is 2.41. The van der Waals surface area contributed by atoms with Crippen molar-refractivity contribution in [1.29, 1.82) is 0 Å². The summed E-state index contributed by atoms with van der Waals surface area (Å²) >= 11 is 0. The highest BCUT2D eigenvalue weighted by atomic mass is 16.6. The largest absolute Gasteiger partial charge is 0.376 e. The van der Waals surface area contributed by atoms with Gasteiger partial charge in [-0.1, -0.05) is 12.8 Å². The van der Waals surface area contributed by atoms with Gasteiger partial charge in [-0.25, -0.2) is 4.98 Å². The molecule has 1 saturated heterocycles. The maximum atomic E-state index is 11.9. The Morgan fingerprint density at radius 2 is 2.16 bits per heavy atom. The Bertz CT molecular complexity index is 873. The van der Waals surface area contributed by atoms with Crippen molar-refractivity contribution in [2.45, 2.75) is 50.2 Å². The fourth-order valence-electron chi connectivity index (χ4n) is 4.11. The third-order valence-electron chi connectivity index (χ3n) is 5.32. The predicted octanol–water partition coefficient (Wildman–Crippen LogP) is 2.74. The van der Waals surface area contributed by atoms with Crippen LogP contribution >= 0.6 is 0 Å². The molecule has 1 aliphatic carbocycles. The minimum absolute atomic E-state index is 0.0725. The molecule has 2 fully saturated rings. The van der Waals surface area contributed by atoms with Crippen LogP contribution in [0.25, 0.3) is 10.9 Å². The first kappa shape index (κ1) is 16.0. The number of anilines is 1. The SMILES string of the molecule is O=c1[nH]cnc2cc(NC3CCOC4(CCCC4)C3)c([N+](=O)[O-])cc12. The molecule has 1 atom stereocenters. The summed E-state index contributed by atoms with van der Waals surface area (Å²) in [4.78, 5) is 29.5. The van der Waals surface area contributed by atoms with Crippen LogP contribution < -0.4 is 10.9 Å². The van der Waals surface area contributed by atoms with E-state index >= 15 is 0 Å². The second-order valence-electron chi connectivity index (χ2n) is 6.95. The number of fused-ring (bicyclic) bond motifs is 1. The molecule has 25 heavy (non-hydrogen) atoms. The molecule has 1 spiro atoms. The Labute approximate surface area is 143 Å². The third kappa shape index (κ3) is 2.97. The Hall–Kier alpha value is -2.48. The minimum atomic E-state index is -0.459. The molecule has 1 aliphatic heterocycles. The van der Waals surface area contributed by atoms with Gasteiger partial charge in [-0.15, -0.1) is 0 Å². The number of rotatable bonds is 3. The van der Waals surface area contributed by atoms with Crippen LogP contribution in [0.1, 0.15) is 38.5 Å². The smallest absolute Gasteiger partial charge is 0.293 e. The molecule has 2 aromatic rings. The Morgan fingerprint density at radius 1 is 1.36 bits per heavy atom. The number of nitrogens with zero attached hydrogens (tertiary/aromatic N) is 2. The van der Waals surface area contributed by atoms with Gasteiger partial charge in [-0.2, -0.15) is 0 Å². The summed E-state index contributed by atoms with van der Waals surface area (Å²) in [6, 6.07) is 3.01. The number of hydrogen-bond acceptors (Lipinski definition) is 6. The number of benzene rings is 1. The van der Waals surface area contributed by atoms with Gasteiger partial charge in [0.1, 0.15) is 5.69 Å². The third-order valence-corrected chi connectivity index (χ3v) is 5.32. The number of hydrogen-bond donors (Lipinski definition) is 2. The normalized spacial score (nSPS) is 22.3. The first-order chi connectivity index (χ1) is 12.1. The van der Waals surface area contributed by atoms with Gasteiger partial charge in [0.15, 0.2) is 0 Å². The van der Waals surface area contributed by atoms with E-state index in [1.165, 1.54) is 25.2 Å². The molecule has 0 amide bonds. The van der Waals surface area contributed by atoms with E-state index < -0.39 is 4.92 Å². The van der Waals surface area contributed by atoms with Crippen LogP contribution in [0.2, 0.25) is 0 Å². The van der Waals surface area contributed by atoms with E-state index in [-0.39, 0.29) is 28.3 Å². The van der Waals surface area contributed by atoms with E-state index in [4.69, 9.17) is 4.74 Å². The van der Waals surface area contributed by atoms with Crippen molar-refractivity contribution in [2.75, 3.05) is 11.9 Å². The van der Waals surface area contributed by atoms with Gasteiger partial charge in [-0.3, -0.25) is 14.9 Å². The monoisotopic (exact) mass is 344 g/mol. The molecule has 2 aliphatic rings. The molecule has 1 aromatic heterocycles. The average molecular weight is 344 g/mol. The summed E-state index contributed by atoms with van der Waals surface area (Å²) in [5.74, 6) is 0. The number of aromatic amines is 1. The summed E-state index contributed by atoms with van der Waals surface area (Å²) < 4.78 is 6.03. The van der Waals surface area contributed by atoms with E-state index in [9.17, 15) is 14.9 Å². The number of nitrogens with one attached hydrogen (secondary N) is 2. The van der Waals surface area contributed by atoms with Crippen molar-refractivity contribution in [2.24, 2.45) is 0 Å². The Morgan fingerprint density at radius 3 is 2.92 bits per heavy atom. The van der Waals surface area contributed by atoms with Crippen LogP contribution in [0.5, 0.6) is 0 Å². The zero-order valence-corrected chi connectivity index (χ0v) is 13.8. The van der Waals surface area contributed by atoms with Gasteiger partial charge in [0, 0.05) is 18.7 Å². The zero-order chi connectivity index (χ0) is 17.4. The molecule has 4 rings (SSSR count). The molecule has 0 radical (unpaired) electrons. The number of nitro benzene ring substituents is 1. The van der Waals surface area contributed by atoms with Crippen LogP contribution in [-0.2, 0) is 4.74 Å². The first-order valence-corrected chi connectivity index (χ1v) is 8.63. The number of H-pyrrole nitrogens is 1. The topological polar surface area (TPSA) is 110 Å². The van der Waals surface area contributed by atoms with Crippen LogP contribution in [0.4, 0.5) is 11.4 Å². The molecule has 2 N–H and O–H groups in total. The Balaban J connectivity index is 1.67. The molecule has 2 heterocycles. The van der Waals surface area contributed by atoms with E-state index in [2.05, 4.69) is 15.3 Å². The van der Waals surface area contributed by atoms with Gasteiger partial charge >= 0.3 is 0 Å². The lowest BCUT2D eigenvalue weighted by Gasteiger charge is -2.38. The molecule has 8 heteroatoms. The van der Waals surface area contributed by atoms with Gasteiger partial charge in [0.05, 0.1) is 27.8 Å². The molecular weight excluding hydrogens is 324 g/mol. The van der Waals surface area contributed by atoms with Crippen molar-refractivity contribution in [3.63, 3.8) is 0 Å². The van der Waals surface area contributed by atoms with Gasteiger partial charge in [-0.05, 0) is 31.7 Å². The molecule has 132 valence electrons. The predicted molar refractivity (Wildman–Crippen MR) is 92.8 cm³/mol. The van der Waals surface area contributed by atoms with E-state index in [1.807, 2.05) is 0 Å². The van der Waals surface area contributed by atoms with Crippen molar-refractivity contribution >= 4 is 22.3 Å². The van der Waals surface area contributed by atoms with E-state index in [0.29, 0.717) is 17.8 Å². The maximum Gasteiger partial charge on any atom is 0.293 e. The van der Waals surface area contributed by atoms with Crippen LogP contribution in [0.15, 0.2) is 23.3 Å². The van der Waals surface area contributed by atoms with Crippen molar-refractivity contribution < 1.29 is 9.66 Å². The lowest BCUT2D eigenvalue weighted by Crippen LogP contribution is -2.42. The lowest BCUT2D eigenvalue weighted by atomic mass is 9.88. The molecule has 1 saturated carbocycles. The Kier molecular flexibility index (Phi) is 3.91. The molecule has 1 unspecified atom stereocenters. The summed E-state index contributed by atoms with van der Waals surface area (Å²) in [5.41, 5.74) is 0.306. The van der Waals surface area contributed by atoms with Gasteiger partial charge in [0.25, 0.3) is 11.2 Å². The summed E-state index contributed by atoms with van der Waals surface area (Å²) in [7, 11) is 0. The number of aromatic nitrogens is 2. The van der Waals surface area contributed by atoms with Crippen molar-refractivity contribution in [3.8, 4) is 0 Å². The second kappa shape index (κ2) is 6.11. The lowest BCUT2D eigenvalue weighted by molar-refractivity contribution is -0.383. The standard InChI is InChI=1S/C17H20N4O4/c22-16-12-7-15(21(23)24)14(8-13(12)18-10-19-16)20-11-3-6-25-17(9-11)4-1-2-5-17/h7-8,10-11,20H,1-6,9H2,(H,18,19,22). The maximum absolute atomic E-state index is 11.9. The fraction of sp³-hybridized carbons (Fsp3) is 0.529. The summed E-state index contributed by atoms with van der Waals surface area (Å²) in [6.07, 6.45) is 7.43. The minimum Gasteiger partial charge on any atom is -0.376 e.